The number of halogens is 1. The summed E-state index contributed by atoms with van der Waals surface area (Å²) in [6.07, 6.45) is 2.63. The molecule has 2 heterocycles. The fraction of sp³-hybridized carbons (Fsp3) is 0.769. The van der Waals surface area contributed by atoms with Crippen LogP contribution in [0.1, 0.15) is 24.7 Å². The molecule has 0 radical (unpaired) electrons. The average molecular weight is 332 g/mol. The maximum atomic E-state index is 5.51. The molecule has 1 atom stereocenters. The minimum atomic E-state index is -0.0740. The lowest BCUT2D eigenvalue weighted by Gasteiger charge is -2.19. The number of nitrogens with zero attached hydrogens (tertiary/aromatic N) is 2. The van der Waals surface area contributed by atoms with Crippen molar-refractivity contribution in [2.24, 2.45) is 7.05 Å². The first-order chi connectivity index (χ1) is 9.15. The quantitative estimate of drug-likeness (QED) is 0.860. The predicted octanol–water partition coefficient (Wildman–Crippen LogP) is 1.64. The molecule has 0 aliphatic carbocycles. The van der Waals surface area contributed by atoms with E-state index in [9.17, 15) is 0 Å². The van der Waals surface area contributed by atoms with Gasteiger partial charge in [-0.05, 0) is 29.4 Å². The van der Waals surface area contributed by atoms with Crippen molar-refractivity contribution in [2.75, 3.05) is 20.3 Å². The van der Waals surface area contributed by atoms with Gasteiger partial charge in [-0.2, -0.15) is 5.10 Å². The van der Waals surface area contributed by atoms with E-state index in [2.05, 4.69) is 33.3 Å². The molecule has 1 fully saturated rings. The first kappa shape index (κ1) is 15.0. The summed E-state index contributed by atoms with van der Waals surface area (Å²) in [5.74, 6) is 0. The maximum Gasteiger partial charge on any atom is 0.159 e. The van der Waals surface area contributed by atoms with E-state index in [1.807, 2.05) is 18.8 Å². The van der Waals surface area contributed by atoms with Crippen molar-refractivity contribution in [1.29, 1.82) is 0 Å². The third kappa shape index (κ3) is 3.56. The zero-order valence-electron chi connectivity index (χ0n) is 11.8. The van der Waals surface area contributed by atoms with Gasteiger partial charge in [0, 0.05) is 25.9 Å². The van der Waals surface area contributed by atoms with Crippen LogP contribution in [0.2, 0.25) is 0 Å². The number of rotatable bonds is 6. The van der Waals surface area contributed by atoms with Crippen LogP contribution in [-0.2, 0) is 29.4 Å². The summed E-state index contributed by atoms with van der Waals surface area (Å²) >= 11 is 3.66. The molecular weight excluding hydrogens is 310 g/mol. The number of aryl methyl sites for hydroxylation is 2. The largest absolute Gasteiger partial charge is 0.350 e. The smallest absolute Gasteiger partial charge is 0.159 e. The molecule has 0 amide bonds. The number of nitrogens with one attached hydrogen (secondary N) is 1. The van der Waals surface area contributed by atoms with Crippen LogP contribution in [0, 0.1) is 0 Å². The molecule has 1 aromatic rings. The van der Waals surface area contributed by atoms with E-state index < -0.39 is 0 Å². The van der Waals surface area contributed by atoms with Gasteiger partial charge >= 0.3 is 0 Å². The SMILES string of the molecule is CCc1nn(C)c(CC(CC2OCCO2)NC)c1Br. The second kappa shape index (κ2) is 6.83. The Morgan fingerprint density at radius 1 is 1.47 bits per heavy atom. The Labute approximate surface area is 122 Å². The highest BCUT2D eigenvalue weighted by atomic mass is 79.9. The Balaban J connectivity index is 2.02. The van der Waals surface area contributed by atoms with Crippen molar-refractivity contribution in [3.63, 3.8) is 0 Å². The molecule has 1 unspecified atom stereocenters. The van der Waals surface area contributed by atoms with E-state index in [1.165, 1.54) is 5.69 Å². The second-order valence-electron chi connectivity index (χ2n) is 4.78. The van der Waals surface area contributed by atoms with Gasteiger partial charge in [-0.1, -0.05) is 6.92 Å². The van der Waals surface area contributed by atoms with E-state index in [-0.39, 0.29) is 6.29 Å². The van der Waals surface area contributed by atoms with Gasteiger partial charge in [-0.15, -0.1) is 0 Å². The van der Waals surface area contributed by atoms with Crippen LogP contribution < -0.4 is 5.32 Å². The van der Waals surface area contributed by atoms with Crippen LogP contribution in [0.3, 0.4) is 0 Å². The van der Waals surface area contributed by atoms with Gasteiger partial charge in [0.25, 0.3) is 0 Å². The molecule has 0 aromatic carbocycles. The number of ether oxygens (including phenoxy) is 2. The average Bonchev–Trinajstić information content (AvgIpc) is 3.00. The topological polar surface area (TPSA) is 48.3 Å². The molecule has 0 spiro atoms. The molecule has 6 heteroatoms. The fourth-order valence-electron chi connectivity index (χ4n) is 2.35. The van der Waals surface area contributed by atoms with E-state index in [4.69, 9.17) is 9.47 Å². The minimum absolute atomic E-state index is 0.0740. The fourth-order valence-corrected chi connectivity index (χ4v) is 3.13. The van der Waals surface area contributed by atoms with Crippen molar-refractivity contribution in [3.8, 4) is 0 Å². The van der Waals surface area contributed by atoms with E-state index in [0.717, 1.165) is 29.4 Å². The summed E-state index contributed by atoms with van der Waals surface area (Å²) in [5.41, 5.74) is 2.33. The molecule has 19 heavy (non-hydrogen) atoms. The zero-order chi connectivity index (χ0) is 13.8. The van der Waals surface area contributed by atoms with Crippen LogP contribution >= 0.6 is 15.9 Å². The summed E-state index contributed by atoms with van der Waals surface area (Å²) in [6, 6.07) is 0.319. The predicted molar refractivity (Wildman–Crippen MR) is 77.1 cm³/mol. The van der Waals surface area contributed by atoms with E-state index >= 15 is 0 Å². The molecule has 1 saturated heterocycles. The van der Waals surface area contributed by atoms with Gasteiger partial charge in [0.05, 0.1) is 29.1 Å². The van der Waals surface area contributed by atoms with Gasteiger partial charge in [-0.3, -0.25) is 4.68 Å². The molecule has 5 nitrogen and oxygen atoms in total. The van der Waals surface area contributed by atoms with Gasteiger partial charge < -0.3 is 14.8 Å². The lowest BCUT2D eigenvalue weighted by Crippen LogP contribution is -2.33. The van der Waals surface area contributed by atoms with Crippen molar-refractivity contribution >= 4 is 15.9 Å². The highest BCUT2D eigenvalue weighted by Crippen LogP contribution is 2.24. The van der Waals surface area contributed by atoms with Crippen LogP contribution in [0.15, 0.2) is 4.47 Å². The highest BCUT2D eigenvalue weighted by Gasteiger charge is 2.23. The molecule has 1 aliphatic rings. The first-order valence-corrected chi connectivity index (χ1v) is 7.55. The summed E-state index contributed by atoms with van der Waals surface area (Å²) in [7, 11) is 3.97. The standard InChI is InChI=1S/C13H22BrN3O2/c1-4-10-13(14)11(17(3)16-10)7-9(15-2)8-12-18-5-6-19-12/h9,12,15H,4-8H2,1-3H3. The van der Waals surface area contributed by atoms with Crippen LogP contribution in [-0.4, -0.2) is 42.4 Å². The number of likely N-dealkylation sites (N-methyl/N-ethyl adjacent to an activating group) is 1. The molecular formula is C13H22BrN3O2. The Morgan fingerprint density at radius 2 is 2.16 bits per heavy atom. The summed E-state index contributed by atoms with van der Waals surface area (Å²) < 4.78 is 14.1. The summed E-state index contributed by atoms with van der Waals surface area (Å²) in [4.78, 5) is 0. The monoisotopic (exact) mass is 331 g/mol. The van der Waals surface area contributed by atoms with E-state index in [0.29, 0.717) is 19.3 Å². The molecule has 1 aliphatic heterocycles. The van der Waals surface area contributed by atoms with Crippen LogP contribution in [0.4, 0.5) is 0 Å². The Kier molecular flexibility index (Phi) is 5.38. The van der Waals surface area contributed by atoms with Crippen molar-refractivity contribution in [2.45, 2.75) is 38.5 Å². The number of hydrogen-bond donors (Lipinski definition) is 1. The summed E-state index contributed by atoms with van der Waals surface area (Å²) in [5, 5.41) is 7.86. The molecule has 0 bridgehead atoms. The molecule has 2 rings (SSSR count). The summed E-state index contributed by atoms with van der Waals surface area (Å²) in [6.45, 7) is 3.53. The molecule has 108 valence electrons. The van der Waals surface area contributed by atoms with Crippen molar-refractivity contribution < 1.29 is 9.47 Å². The lowest BCUT2D eigenvalue weighted by molar-refractivity contribution is -0.0523. The third-order valence-electron chi connectivity index (χ3n) is 3.52. The zero-order valence-corrected chi connectivity index (χ0v) is 13.4. The number of hydrogen-bond acceptors (Lipinski definition) is 4. The highest BCUT2D eigenvalue weighted by molar-refractivity contribution is 9.10. The Bertz CT molecular complexity index is 416. The van der Waals surface area contributed by atoms with Gasteiger partial charge in [0.1, 0.15) is 0 Å². The van der Waals surface area contributed by atoms with Gasteiger partial charge in [-0.25, -0.2) is 0 Å². The Hall–Kier alpha value is -0.430. The Morgan fingerprint density at radius 3 is 2.68 bits per heavy atom. The minimum Gasteiger partial charge on any atom is -0.350 e. The van der Waals surface area contributed by atoms with Gasteiger partial charge in [0.15, 0.2) is 6.29 Å². The molecule has 1 N–H and O–H groups in total. The van der Waals surface area contributed by atoms with Crippen molar-refractivity contribution in [1.82, 2.24) is 15.1 Å². The molecule has 1 aromatic heterocycles. The number of aromatic nitrogens is 2. The van der Waals surface area contributed by atoms with E-state index in [1.54, 1.807) is 0 Å². The maximum absolute atomic E-state index is 5.51. The van der Waals surface area contributed by atoms with Crippen molar-refractivity contribution in [3.05, 3.63) is 15.9 Å². The second-order valence-corrected chi connectivity index (χ2v) is 5.57. The first-order valence-electron chi connectivity index (χ1n) is 6.76. The van der Waals surface area contributed by atoms with Gasteiger partial charge in [0.2, 0.25) is 0 Å². The third-order valence-corrected chi connectivity index (χ3v) is 4.43. The van der Waals surface area contributed by atoms with Crippen LogP contribution in [0.25, 0.3) is 0 Å². The van der Waals surface area contributed by atoms with Crippen LogP contribution in [0.5, 0.6) is 0 Å². The normalized spacial score (nSPS) is 18.1. The molecule has 0 saturated carbocycles. The lowest BCUT2D eigenvalue weighted by atomic mass is 10.1.